The first-order valence-corrected chi connectivity index (χ1v) is 13.7. The van der Waals surface area contributed by atoms with Crippen LogP contribution in [-0.2, 0) is 14.4 Å². The molecule has 3 aromatic carbocycles. The van der Waals surface area contributed by atoms with E-state index in [0.717, 1.165) is 18.7 Å². The van der Waals surface area contributed by atoms with Gasteiger partial charge in [-0.1, -0.05) is 91.0 Å². The maximum atomic E-state index is 13.0. The molecule has 3 atom stereocenters. The number of hydrogen-bond acceptors (Lipinski definition) is 5. The number of likely N-dealkylation sites (tertiary alicyclic amines) is 1. The topological polar surface area (TPSA) is 87.0 Å². The minimum absolute atomic E-state index is 0.105. The maximum Gasteiger partial charge on any atom is 0.229 e. The molecule has 202 valence electrons. The lowest BCUT2D eigenvalue weighted by Crippen LogP contribution is -2.61. The van der Waals surface area contributed by atoms with Crippen LogP contribution in [0.25, 0.3) is 0 Å². The summed E-state index contributed by atoms with van der Waals surface area (Å²) in [6.07, 6.45) is 0.429. The molecule has 2 aliphatic rings. The van der Waals surface area contributed by atoms with E-state index in [1.807, 2.05) is 49.4 Å². The van der Waals surface area contributed by atoms with Gasteiger partial charge in [0.25, 0.3) is 0 Å². The second-order valence-electron chi connectivity index (χ2n) is 10.5. The molecule has 2 N–H and O–H groups in total. The van der Waals surface area contributed by atoms with Crippen molar-refractivity contribution in [2.45, 2.75) is 43.8 Å². The van der Waals surface area contributed by atoms with Gasteiger partial charge in [-0.3, -0.25) is 29.1 Å². The van der Waals surface area contributed by atoms with Gasteiger partial charge in [0.1, 0.15) is 0 Å². The highest BCUT2D eigenvalue weighted by atomic mass is 16.2. The van der Waals surface area contributed by atoms with E-state index in [4.69, 9.17) is 5.73 Å². The fraction of sp³-hybridized carbons (Fsp3) is 0.344. The number of hydrogen-bond donors (Lipinski definition) is 1. The van der Waals surface area contributed by atoms with Crippen LogP contribution in [0.1, 0.15) is 48.4 Å². The summed E-state index contributed by atoms with van der Waals surface area (Å²) >= 11 is 0. The van der Waals surface area contributed by atoms with Crippen LogP contribution in [0.4, 0.5) is 0 Å². The highest BCUT2D eigenvalue weighted by Crippen LogP contribution is 2.34. The molecule has 0 radical (unpaired) electrons. The van der Waals surface area contributed by atoms with E-state index in [-0.39, 0.29) is 30.7 Å². The van der Waals surface area contributed by atoms with Crippen molar-refractivity contribution in [3.8, 4) is 0 Å². The highest BCUT2D eigenvalue weighted by Gasteiger charge is 2.45. The first-order valence-electron chi connectivity index (χ1n) is 13.7. The summed E-state index contributed by atoms with van der Waals surface area (Å²) in [7, 11) is 0. The smallest absolute Gasteiger partial charge is 0.229 e. The summed E-state index contributed by atoms with van der Waals surface area (Å²) < 4.78 is 0. The molecule has 2 aliphatic heterocycles. The molecule has 0 aliphatic carbocycles. The van der Waals surface area contributed by atoms with Crippen LogP contribution >= 0.6 is 0 Å². The minimum Gasteiger partial charge on any atom is -0.369 e. The number of nitrogens with two attached hydrogens (primary N) is 1. The van der Waals surface area contributed by atoms with Gasteiger partial charge in [0.05, 0.1) is 18.0 Å². The van der Waals surface area contributed by atoms with Crippen molar-refractivity contribution in [3.05, 3.63) is 108 Å². The number of imide groups is 1. The van der Waals surface area contributed by atoms with Crippen molar-refractivity contribution in [2.24, 2.45) is 5.73 Å². The van der Waals surface area contributed by atoms with Gasteiger partial charge in [-0.25, -0.2) is 0 Å². The minimum atomic E-state index is -0.659. The predicted octanol–water partition coefficient (Wildman–Crippen LogP) is 3.57. The van der Waals surface area contributed by atoms with Gasteiger partial charge in [0, 0.05) is 45.1 Å². The van der Waals surface area contributed by atoms with E-state index < -0.39 is 23.9 Å². The van der Waals surface area contributed by atoms with E-state index in [2.05, 4.69) is 58.3 Å². The summed E-state index contributed by atoms with van der Waals surface area (Å²) in [4.78, 5) is 44.6. The highest BCUT2D eigenvalue weighted by molar-refractivity contribution is 6.02. The summed E-state index contributed by atoms with van der Waals surface area (Å²) in [5.41, 5.74) is 9.31. The van der Waals surface area contributed by atoms with Crippen LogP contribution < -0.4 is 5.73 Å². The van der Waals surface area contributed by atoms with Crippen molar-refractivity contribution in [1.82, 2.24) is 14.7 Å². The molecule has 2 heterocycles. The fourth-order valence-electron chi connectivity index (χ4n) is 6.36. The third-order valence-corrected chi connectivity index (χ3v) is 8.16. The van der Waals surface area contributed by atoms with Gasteiger partial charge in [0.15, 0.2) is 0 Å². The molecular formula is C32H36N4O3. The first kappa shape index (κ1) is 26.8. The number of amides is 3. The molecule has 2 fully saturated rings. The van der Waals surface area contributed by atoms with E-state index in [1.54, 1.807) is 0 Å². The van der Waals surface area contributed by atoms with Crippen molar-refractivity contribution >= 4 is 17.7 Å². The van der Waals surface area contributed by atoms with E-state index in [0.29, 0.717) is 13.1 Å². The zero-order chi connectivity index (χ0) is 27.4. The number of carbonyl (C=O) groups is 3. The molecule has 3 unspecified atom stereocenters. The molecule has 0 saturated carbocycles. The van der Waals surface area contributed by atoms with Crippen molar-refractivity contribution < 1.29 is 14.4 Å². The second-order valence-corrected chi connectivity index (χ2v) is 10.5. The second kappa shape index (κ2) is 11.9. The number of benzene rings is 3. The van der Waals surface area contributed by atoms with E-state index in [1.165, 1.54) is 16.0 Å². The average Bonchev–Trinajstić information content (AvgIpc) is 3.31. The number of nitrogens with zero attached hydrogens (tertiary/aromatic N) is 3. The van der Waals surface area contributed by atoms with Crippen LogP contribution in [0.5, 0.6) is 0 Å². The van der Waals surface area contributed by atoms with Gasteiger partial charge in [-0.15, -0.1) is 0 Å². The van der Waals surface area contributed by atoms with Gasteiger partial charge in [-0.05, 0) is 23.6 Å². The van der Waals surface area contributed by atoms with Crippen molar-refractivity contribution in [1.29, 1.82) is 0 Å². The lowest BCUT2D eigenvalue weighted by atomic mass is 9.84. The molecule has 0 bridgehead atoms. The van der Waals surface area contributed by atoms with Gasteiger partial charge in [-0.2, -0.15) is 0 Å². The Balaban J connectivity index is 1.45. The quantitative estimate of drug-likeness (QED) is 0.433. The molecule has 3 aromatic rings. The normalized spacial score (nSPS) is 19.3. The Labute approximate surface area is 230 Å². The standard InChI is InChI=1S/C32H36N4O3/c1-23(36-27(37)17-18-28(36)38)30(29(32(33)39)24-11-5-2-6-12-24)34-19-21-35(22-20-34)31(25-13-7-3-8-14-25)26-15-9-4-10-16-26/h2-16,23,29-31H,17-22H2,1H3,(H2,33,39). The molecule has 39 heavy (non-hydrogen) atoms. The lowest BCUT2D eigenvalue weighted by molar-refractivity contribution is -0.144. The number of carbonyl (C=O) groups excluding carboxylic acids is 3. The Hall–Kier alpha value is -3.81. The molecule has 3 amide bonds. The molecular weight excluding hydrogens is 488 g/mol. The number of piperazine rings is 1. The Bertz CT molecular complexity index is 1220. The molecule has 7 nitrogen and oxygen atoms in total. The summed E-state index contributed by atoms with van der Waals surface area (Å²) in [6.45, 7) is 4.77. The van der Waals surface area contributed by atoms with Crippen LogP contribution in [0.3, 0.4) is 0 Å². The molecule has 5 rings (SSSR count). The number of primary amides is 1. The summed E-state index contributed by atoms with van der Waals surface area (Å²) in [5, 5.41) is 0. The summed E-state index contributed by atoms with van der Waals surface area (Å²) in [5.74, 6) is -1.47. The van der Waals surface area contributed by atoms with Gasteiger partial charge in [0.2, 0.25) is 17.7 Å². The Morgan fingerprint density at radius 1 is 0.667 bits per heavy atom. The van der Waals surface area contributed by atoms with Crippen LogP contribution in [-0.4, -0.2) is 70.7 Å². The van der Waals surface area contributed by atoms with Crippen molar-refractivity contribution in [2.75, 3.05) is 26.2 Å². The van der Waals surface area contributed by atoms with Gasteiger partial charge < -0.3 is 5.73 Å². The van der Waals surface area contributed by atoms with E-state index >= 15 is 0 Å². The first-order chi connectivity index (χ1) is 19.0. The van der Waals surface area contributed by atoms with Gasteiger partial charge >= 0.3 is 0 Å². The zero-order valence-electron chi connectivity index (χ0n) is 22.4. The number of rotatable bonds is 9. The maximum absolute atomic E-state index is 13.0. The largest absolute Gasteiger partial charge is 0.369 e. The molecule has 7 heteroatoms. The predicted molar refractivity (Wildman–Crippen MR) is 151 cm³/mol. The average molecular weight is 525 g/mol. The fourth-order valence-corrected chi connectivity index (χ4v) is 6.36. The van der Waals surface area contributed by atoms with Crippen LogP contribution in [0.15, 0.2) is 91.0 Å². The monoisotopic (exact) mass is 524 g/mol. The van der Waals surface area contributed by atoms with Crippen LogP contribution in [0.2, 0.25) is 0 Å². The third-order valence-electron chi connectivity index (χ3n) is 8.16. The molecule has 0 aromatic heterocycles. The molecule has 2 saturated heterocycles. The van der Waals surface area contributed by atoms with E-state index in [9.17, 15) is 14.4 Å². The Morgan fingerprint density at radius 3 is 1.51 bits per heavy atom. The SMILES string of the molecule is CC(C(C(C(N)=O)c1ccccc1)N1CCN(C(c2ccccc2)c2ccccc2)CC1)N1C(=O)CCC1=O. The van der Waals surface area contributed by atoms with Crippen LogP contribution in [0, 0.1) is 0 Å². The Kier molecular flexibility index (Phi) is 8.19. The zero-order valence-corrected chi connectivity index (χ0v) is 22.4. The van der Waals surface area contributed by atoms with Crippen molar-refractivity contribution in [3.63, 3.8) is 0 Å². The summed E-state index contributed by atoms with van der Waals surface area (Å²) in [6, 6.07) is 29.7. The molecule has 0 spiro atoms. The Morgan fingerprint density at radius 2 is 1.08 bits per heavy atom. The lowest BCUT2D eigenvalue weighted by Gasteiger charge is -2.47. The third kappa shape index (κ3) is 5.65.